The summed E-state index contributed by atoms with van der Waals surface area (Å²) in [5.41, 5.74) is 4.53. The zero-order valence-corrected chi connectivity index (χ0v) is 24.7. The molecule has 2 aromatic heterocycles. The first kappa shape index (κ1) is 26.9. The number of ether oxygens (including phenoxy) is 1. The van der Waals surface area contributed by atoms with Gasteiger partial charge >= 0.3 is 5.97 Å². The predicted octanol–water partition coefficient (Wildman–Crippen LogP) is 5.20. The summed E-state index contributed by atoms with van der Waals surface area (Å²) in [6.45, 7) is 5.80. The standard InChI is InChI=1S/C30H28BrN3O4S/c1-6-37-29(36)26-18(3)32-30-34(27(26)19-8-10-20(11-9-19)33(4)5)28(35)25(39-30)16-21-12-14-24(38-21)22-13-7-17(2)15-23(22)31/h7-16,27H,6H2,1-5H3/b25-16-/t27-/m1/s1. The zero-order valence-electron chi connectivity index (χ0n) is 22.3. The number of fused-ring (bicyclic) bond motifs is 1. The molecule has 0 saturated heterocycles. The number of carbonyl (C=O) groups is 1. The SMILES string of the molecule is CCOC(=O)C1=C(C)N=c2s/c(=C\c3ccc(-c4ccc(C)cc4Br)o3)c(=O)n2[C@@H]1c1ccc(N(C)C)cc1. The van der Waals surface area contributed by atoms with Gasteiger partial charge in [0.1, 0.15) is 11.5 Å². The molecule has 0 amide bonds. The van der Waals surface area contributed by atoms with Crippen LogP contribution < -0.4 is 19.8 Å². The average molecular weight is 607 g/mol. The van der Waals surface area contributed by atoms with Crippen molar-refractivity contribution in [1.29, 1.82) is 0 Å². The van der Waals surface area contributed by atoms with Crippen LogP contribution in [-0.4, -0.2) is 31.2 Å². The molecular formula is C30H28BrN3O4S. The number of nitrogens with zero attached hydrogens (tertiary/aromatic N) is 3. The van der Waals surface area contributed by atoms with Gasteiger partial charge in [-0.25, -0.2) is 9.79 Å². The normalized spacial score (nSPS) is 15.2. The van der Waals surface area contributed by atoms with Crippen LogP contribution in [0.15, 0.2) is 84.5 Å². The van der Waals surface area contributed by atoms with Crippen LogP contribution >= 0.6 is 27.3 Å². The highest BCUT2D eigenvalue weighted by molar-refractivity contribution is 9.10. The Morgan fingerprint density at radius 2 is 1.90 bits per heavy atom. The summed E-state index contributed by atoms with van der Waals surface area (Å²) in [6.07, 6.45) is 1.73. The second-order valence-corrected chi connectivity index (χ2v) is 11.3. The number of aryl methyl sites for hydroxylation is 1. The van der Waals surface area contributed by atoms with Gasteiger partial charge < -0.3 is 14.1 Å². The van der Waals surface area contributed by atoms with Gasteiger partial charge in [0, 0.05) is 35.9 Å². The maximum atomic E-state index is 13.8. The molecule has 39 heavy (non-hydrogen) atoms. The third kappa shape index (κ3) is 5.16. The van der Waals surface area contributed by atoms with Gasteiger partial charge in [-0.05, 0) is 68.3 Å². The lowest BCUT2D eigenvalue weighted by Crippen LogP contribution is -2.39. The van der Waals surface area contributed by atoms with E-state index in [9.17, 15) is 9.59 Å². The molecule has 3 heterocycles. The van der Waals surface area contributed by atoms with Gasteiger partial charge in [0.05, 0.1) is 28.5 Å². The van der Waals surface area contributed by atoms with Crippen LogP contribution in [0, 0.1) is 6.92 Å². The second kappa shape index (κ2) is 10.8. The van der Waals surface area contributed by atoms with E-state index in [-0.39, 0.29) is 12.2 Å². The first-order chi connectivity index (χ1) is 18.7. The topological polar surface area (TPSA) is 77.0 Å². The summed E-state index contributed by atoms with van der Waals surface area (Å²) >= 11 is 4.87. The van der Waals surface area contributed by atoms with Crippen molar-refractivity contribution in [1.82, 2.24) is 4.57 Å². The molecule has 1 aliphatic heterocycles. The first-order valence-electron chi connectivity index (χ1n) is 12.5. The smallest absolute Gasteiger partial charge is 0.338 e. The Morgan fingerprint density at radius 1 is 1.15 bits per heavy atom. The Hall–Kier alpha value is -3.69. The third-order valence-electron chi connectivity index (χ3n) is 6.53. The number of thiazole rings is 1. The van der Waals surface area contributed by atoms with Gasteiger partial charge in [0.15, 0.2) is 4.80 Å². The van der Waals surface area contributed by atoms with Crippen molar-refractivity contribution < 1.29 is 13.9 Å². The Morgan fingerprint density at radius 3 is 2.56 bits per heavy atom. The largest absolute Gasteiger partial charge is 0.463 e. The summed E-state index contributed by atoms with van der Waals surface area (Å²) in [5, 5.41) is 0. The van der Waals surface area contributed by atoms with E-state index in [1.54, 1.807) is 24.5 Å². The van der Waals surface area contributed by atoms with Crippen molar-refractivity contribution in [2.75, 3.05) is 25.6 Å². The summed E-state index contributed by atoms with van der Waals surface area (Å²) in [4.78, 5) is 34.1. The average Bonchev–Trinajstić information content (AvgIpc) is 3.47. The summed E-state index contributed by atoms with van der Waals surface area (Å²) < 4.78 is 14.5. The third-order valence-corrected chi connectivity index (χ3v) is 8.17. The van der Waals surface area contributed by atoms with E-state index in [0.29, 0.717) is 32.1 Å². The monoisotopic (exact) mass is 605 g/mol. The van der Waals surface area contributed by atoms with Crippen LogP contribution in [-0.2, 0) is 9.53 Å². The van der Waals surface area contributed by atoms with E-state index in [4.69, 9.17) is 9.15 Å². The van der Waals surface area contributed by atoms with E-state index in [1.807, 2.05) is 80.5 Å². The number of esters is 1. The van der Waals surface area contributed by atoms with Crippen molar-refractivity contribution in [3.63, 3.8) is 0 Å². The molecule has 2 aromatic carbocycles. The number of rotatable bonds is 6. The number of hydrogen-bond acceptors (Lipinski definition) is 7. The summed E-state index contributed by atoms with van der Waals surface area (Å²) in [5.74, 6) is 0.769. The van der Waals surface area contributed by atoms with Crippen molar-refractivity contribution in [2.24, 2.45) is 4.99 Å². The maximum absolute atomic E-state index is 13.8. The highest BCUT2D eigenvalue weighted by Gasteiger charge is 2.33. The Kier molecular flexibility index (Phi) is 7.46. The van der Waals surface area contributed by atoms with Crippen LogP contribution in [0.2, 0.25) is 0 Å². The Bertz CT molecular complexity index is 1780. The molecule has 0 bridgehead atoms. The lowest BCUT2D eigenvalue weighted by Gasteiger charge is -2.25. The molecule has 200 valence electrons. The van der Waals surface area contributed by atoms with Crippen molar-refractivity contribution in [3.05, 3.63) is 107 Å². The lowest BCUT2D eigenvalue weighted by molar-refractivity contribution is -0.139. The zero-order chi connectivity index (χ0) is 27.8. The number of anilines is 1. The molecule has 4 aromatic rings. The van der Waals surface area contributed by atoms with Crippen LogP contribution in [0.3, 0.4) is 0 Å². The molecule has 0 radical (unpaired) electrons. The van der Waals surface area contributed by atoms with Crippen molar-refractivity contribution >= 4 is 45.0 Å². The molecule has 0 unspecified atom stereocenters. The molecule has 0 fully saturated rings. The van der Waals surface area contributed by atoms with Crippen LogP contribution in [0.25, 0.3) is 17.4 Å². The fourth-order valence-corrected chi connectivity index (χ4v) is 6.30. The van der Waals surface area contributed by atoms with E-state index in [0.717, 1.165) is 26.9 Å². The number of carbonyl (C=O) groups excluding carboxylic acids is 1. The van der Waals surface area contributed by atoms with E-state index in [1.165, 1.54) is 11.3 Å². The molecular weight excluding hydrogens is 578 g/mol. The number of hydrogen-bond donors (Lipinski definition) is 0. The molecule has 0 aliphatic carbocycles. The molecule has 9 heteroatoms. The van der Waals surface area contributed by atoms with E-state index < -0.39 is 12.0 Å². The number of aromatic nitrogens is 1. The van der Waals surface area contributed by atoms with Crippen LogP contribution in [0.1, 0.15) is 36.8 Å². The Labute approximate surface area is 238 Å². The lowest BCUT2D eigenvalue weighted by atomic mass is 9.95. The quantitative estimate of drug-likeness (QED) is 0.283. The number of benzene rings is 2. The molecule has 1 atom stereocenters. The number of halogens is 1. The van der Waals surface area contributed by atoms with Gasteiger partial charge in [-0.1, -0.05) is 45.5 Å². The van der Waals surface area contributed by atoms with Crippen LogP contribution in [0.4, 0.5) is 5.69 Å². The minimum Gasteiger partial charge on any atom is -0.463 e. The molecule has 0 spiro atoms. The molecule has 7 nitrogen and oxygen atoms in total. The summed E-state index contributed by atoms with van der Waals surface area (Å²) in [6, 6.07) is 16.9. The molecule has 5 rings (SSSR count). The van der Waals surface area contributed by atoms with Gasteiger partial charge in [0.2, 0.25) is 0 Å². The van der Waals surface area contributed by atoms with Crippen molar-refractivity contribution in [3.8, 4) is 11.3 Å². The van der Waals surface area contributed by atoms with E-state index in [2.05, 4.69) is 20.9 Å². The van der Waals surface area contributed by atoms with E-state index >= 15 is 0 Å². The number of allylic oxidation sites excluding steroid dienone is 1. The van der Waals surface area contributed by atoms with Gasteiger partial charge in [-0.2, -0.15) is 0 Å². The minimum atomic E-state index is -0.658. The highest BCUT2D eigenvalue weighted by atomic mass is 79.9. The molecule has 0 N–H and O–H groups in total. The maximum Gasteiger partial charge on any atom is 0.338 e. The second-order valence-electron chi connectivity index (χ2n) is 9.47. The number of furan rings is 1. The Balaban J connectivity index is 1.63. The van der Waals surface area contributed by atoms with Gasteiger partial charge in [-0.3, -0.25) is 9.36 Å². The minimum absolute atomic E-state index is 0.226. The van der Waals surface area contributed by atoms with Gasteiger partial charge in [0.25, 0.3) is 5.56 Å². The fraction of sp³-hybridized carbons (Fsp3) is 0.233. The van der Waals surface area contributed by atoms with Gasteiger partial charge in [-0.15, -0.1) is 0 Å². The fourth-order valence-electron chi connectivity index (χ4n) is 4.59. The molecule has 0 saturated carbocycles. The van der Waals surface area contributed by atoms with Crippen molar-refractivity contribution in [2.45, 2.75) is 26.8 Å². The molecule has 1 aliphatic rings. The first-order valence-corrected chi connectivity index (χ1v) is 14.1. The van der Waals surface area contributed by atoms with Crippen LogP contribution in [0.5, 0.6) is 0 Å². The highest BCUT2D eigenvalue weighted by Crippen LogP contribution is 2.32. The summed E-state index contributed by atoms with van der Waals surface area (Å²) in [7, 11) is 3.92. The predicted molar refractivity (Wildman–Crippen MR) is 158 cm³/mol.